The van der Waals surface area contributed by atoms with Gasteiger partial charge in [-0.2, -0.15) is 11.3 Å². The van der Waals surface area contributed by atoms with Gasteiger partial charge < -0.3 is 10.1 Å². The maximum Gasteiger partial charge on any atom is 0.337 e. The maximum atomic E-state index is 12.2. The number of amides is 2. The minimum absolute atomic E-state index is 0.0730. The maximum absolute atomic E-state index is 12.2. The number of carbonyl (C=O) groups excluding carboxylic acids is 3. The van der Waals surface area contributed by atoms with Crippen molar-refractivity contribution < 1.29 is 19.1 Å². The summed E-state index contributed by atoms with van der Waals surface area (Å²) in [4.78, 5) is 39.8. The summed E-state index contributed by atoms with van der Waals surface area (Å²) in [5.74, 6) is -0.915. The topological polar surface area (TPSA) is 97.4 Å². The molecule has 2 aromatic heterocycles. The Morgan fingerprint density at radius 1 is 1.04 bits per heavy atom. The summed E-state index contributed by atoms with van der Waals surface area (Å²) in [6.45, 7) is 0. The first-order chi connectivity index (χ1) is 13.0. The van der Waals surface area contributed by atoms with Crippen molar-refractivity contribution in [3.8, 4) is 0 Å². The number of hydrogen-bond donors (Lipinski definition) is 2. The molecule has 0 aliphatic heterocycles. The Labute approximate surface area is 163 Å². The monoisotopic (exact) mass is 401 g/mol. The van der Waals surface area contributed by atoms with E-state index in [1.165, 1.54) is 29.8 Å². The van der Waals surface area contributed by atoms with Crippen molar-refractivity contribution in [2.75, 3.05) is 17.7 Å². The third-order valence-corrected chi connectivity index (χ3v) is 4.98. The molecule has 0 spiro atoms. The molecule has 0 aliphatic rings. The van der Waals surface area contributed by atoms with Crippen molar-refractivity contribution in [2.45, 2.75) is 6.42 Å². The third-order valence-electron chi connectivity index (χ3n) is 3.49. The van der Waals surface area contributed by atoms with Crippen LogP contribution in [0.15, 0.2) is 46.5 Å². The molecule has 3 aromatic rings. The Kier molecular flexibility index (Phi) is 5.94. The summed E-state index contributed by atoms with van der Waals surface area (Å²) < 4.78 is 4.63. The lowest BCUT2D eigenvalue weighted by atomic mass is 10.2. The van der Waals surface area contributed by atoms with Crippen LogP contribution in [0.1, 0.15) is 26.4 Å². The van der Waals surface area contributed by atoms with Crippen LogP contribution in [-0.2, 0) is 16.0 Å². The molecule has 0 bridgehead atoms. The van der Waals surface area contributed by atoms with Gasteiger partial charge in [0.2, 0.25) is 5.91 Å². The highest BCUT2D eigenvalue weighted by molar-refractivity contribution is 7.14. The van der Waals surface area contributed by atoms with Gasteiger partial charge in [-0.05, 0) is 35.7 Å². The predicted octanol–water partition coefficient (Wildman–Crippen LogP) is 3.42. The van der Waals surface area contributed by atoms with Crippen LogP contribution in [-0.4, -0.2) is 29.9 Å². The zero-order chi connectivity index (χ0) is 19.2. The zero-order valence-corrected chi connectivity index (χ0v) is 15.9. The number of methoxy groups -OCH3 is 1. The van der Waals surface area contributed by atoms with E-state index in [4.69, 9.17) is 0 Å². The van der Waals surface area contributed by atoms with Crippen molar-refractivity contribution in [1.82, 2.24) is 4.98 Å². The average molecular weight is 401 g/mol. The molecule has 3 rings (SSSR count). The van der Waals surface area contributed by atoms with E-state index in [1.54, 1.807) is 41.1 Å². The molecule has 27 heavy (non-hydrogen) atoms. The SMILES string of the molecule is COC(=O)c1ccc(NC(=O)Cc2csc(NC(=O)c3ccsc3)n2)cc1. The summed E-state index contributed by atoms with van der Waals surface area (Å²) in [5.41, 5.74) is 2.10. The molecule has 2 heterocycles. The van der Waals surface area contributed by atoms with Crippen molar-refractivity contribution >= 4 is 51.3 Å². The number of esters is 1. The Hall–Kier alpha value is -3.04. The normalized spacial score (nSPS) is 10.3. The lowest BCUT2D eigenvalue weighted by Crippen LogP contribution is -2.15. The summed E-state index contributed by atoms with van der Waals surface area (Å²) in [5, 5.41) is 11.2. The molecule has 0 fully saturated rings. The molecule has 0 atom stereocenters. The lowest BCUT2D eigenvalue weighted by Gasteiger charge is -2.05. The summed E-state index contributed by atoms with van der Waals surface area (Å²) in [7, 11) is 1.31. The van der Waals surface area contributed by atoms with Gasteiger partial charge in [0, 0.05) is 16.4 Å². The Balaban J connectivity index is 1.54. The third kappa shape index (κ3) is 4.99. The van der Waals surface area contributed by atoms with Crippen LogP contribution in [0.2, 0.25) is 0 Å². The van der Waals surface area contributed by atoms with E-state index in [9.17, 15) is 14.4 Å². The first kappa shape index (κ1) is 18.7. The summed E-state index contributed by atoms with van der Waals surface area (Å²) in [6.07, 6.45) is 0.0730. The van der Waals surface area contributed by atoms with E-state index in [0.717, 1.165) is 0 Å². The number of anilines is 2. The lowest BCUT2D eigenvalue weighted by molar-refractivity contribution is -0.115. The molecular weight excluding hydrogens is 386 g/mol. The summed E-state index contributed by atoms with van der Waals surface area (Å²) >= 11 is 2.70. The van der Waals surface area contributed by atoms with Gasteiger partial charge in [-0.1, -0.05) is 0 Å². The fraction of sp³-hybridized carbons (Fsp3) is 0.111. The van der Waals surface area contributed by atoms with Crippen molar-refractivity contribution in [1.29, 1.82) is 0 Å². The molecule has 0 aliphatic carbocycles. The zero-order valence-electron chi connectivity index (χ0n) is 14.2. The number of aromatic nitrogens is 1. The van der Waals surface area contributed by atoms with Gasteiger partial charge in [0.15, 0.2) is 5.13 Å². The minimum Gasteiger partial charge on any atom is -0.465 e. The number of carbonyl (C=O) groups is 3. The molecule has 2 amide bonds. The smallest absolute Gasteiger partial charge is 0.337 e. The van der Waals surface area contributed by atoms with Gasteiger partial charge in [0.05, 0.1) is 30.4 Å². The van der Waals surface area contributed by atoms with Gasteiger partial charge in [0.1, 0.15) is 0 Å². The molecule has 0 unspecified atom stereocenters. The molecule has 7 nitrogen and oxygen atoms in total. The number of thiophene rings is 1. The Morgan fingerprint density at radius 3 is 2.48 bits per heavy atom. The standard InChI is InChI=1S/C18H15N3O4S2/c1-25-17(24)11-2-4-13(5-3-11)19-15(22)8-14-10-27-18(20-14)21-16(23)12-6-7-26-9-12/h2-7,9-10H,8H2,1H3,(H,19,22)(H,20,21,23). The van der Waals surface area contributed by atoms with Crippen molar-refractivity contribution in [2.24, 2.45) is 0 Å². The van der Waals surface area contributed by atoms with Crippen molar-refractivity contribution in [3.05, 3.63) is 63.3 Å². The fourth-order valence-corrected chi connectivity index (χ4v) is 3.53. The Morgan fingerprint density at radius 2 is 1.81 bits per heavy atom. The van der Waals surface area contributed by atoms with Gasteiger partial charge in [-0.3, -0.25) is 14.9 Å². The highest BCUT2D eigenvalue weighted by atomic mass is 32.1. The number of rotatable bonds is 6. The van der Waals surface area contributed by atoms with E-state index in [-0.39, 0.29) is 18.2 Å². The molecule has 0 saturated heterocycles. The van der Waals surface area contributed by atoms with E-state index in [2.05, 4.69) is 20.4 Å². The Bertz CT molecular complexity index is 949. The molecular formula is C18H15N3O4S2. The van der Waals surface area contributed by atoms with Crippen LogP contribution in [0, 0.1) is 0 Å². The van der Waals surface area contributed by atoms with E-state index in [1.807, 2.05) is 5.38 Å². The van der Waals surface area contributed by atoms with Crippen LogP contribution in [0.5, 0.6) is 0 Å². The molecule has 9 heteroatoms. The second kappa shape index (κ2) is 8.56. The number of ether oxygens (including phenoxy) is 1. The number of nitrogens with one attached hydrogen (secondary N) is 2. The van der Waals surface area contributed by atoms with Crippen LogP contribution < -0.4 is 10.6 Å². The van der Waals surface area contributed by atoms with Crippen molar-refractivity contribution in [3.63, 3.8) is 0 Å². The summed E-state index contributed by atoms with van der Waals surface area (Å²) in [6, 6.07) is 8.12. The van der Waals surface area contributed by atoms with E-state index < -0.39 is 5.97 Å². The number of benzene rings is 1. The molecule has 138 valence electrons. The van der Waals surface area contributed by atoms with Gasteiger partial charge in [-0.15, -0.1) is 11.3 Å². The highest BCUT2D eigenvalue weighted by Gasteiger charge is 2.12. The first-order valence-corrected chi connectivity index (χ1v) is 9.63. The predicted molar refractivity (Wildman–Crippen MR) is 105 cm³/mol. The molecule has 1 aromatic carbocycles. The van der Waals surface area contributed by atoms with Gasteiger partial charge in [0.25, 0.3) is 5.91 Å². The second-order valence-corrected chi connectivity index (χ2v) is 7.04. The number of thiazole rings is 1. The van der Waals surface area contributed by atoms with Crippen LogP contribution in [0.3, 0.4) is 0 Å². The first-order valence-electron chi connectivity index (χ1n) is 7.81. The minimum atomic E-state index is -0.438. The van der Waals surface area contributed by atoms with Crippen LogP contribution in [0.4, 0.5) is 10.8 Å². The van der Waals surface area contributed by atoms with Crippen LogP contribution >= 0.6 is 22.7 Å². The molecule has 0 radical (unpaired) electrons. The van der Waals surface area contributed by atoms with Crippen LogP contribution in [0.25, 0.3) is 0 Å². The fourth-order valence-electron chi connectivity index (χ4n) is 2.19. The largest absolute Gasteiger partial charge is 0.465 e. The molecule has 2 N–H and O–H groups in total. The molecule has 0 saturated carbocycles. The highest BCUT2D eigenvalue weighted by Crippen LogP contribution is 2.18. The van der Waals surface area contributed by atoms with Gasteiger partial charge >= 0.3 is 5.97 Å². The van der Waals surface area contributed by atoms with E-state index >= 15 is 0 Å². The number of hydrogen-bond acceptors (Lipinski definition) is 7. The second-order valence-electron chi connectivity index (χ2n) is 5.40. The van der Waals surface area contributed by atoms with E-state index in [0.29, 0.717) is 27.6 Å². The quantitative estimate of drug-likeness (QED) is 0.617. The average Bonchev–Trinajstić information content (AvgIpc) is 3.34. The number of nitrogens with zero attached hydrogens (tertiary/aromatic N) is 1. The van der Waals surface area contributed by atoms with Gasteiger partial charge in [-0.25, -0.2) is 9.78 Å².